The molecule has 1 heterocycles. The maximum atomic E-state index is 11.7. The van der Waals surface area contributed by atoms with Crippen LogP contribution in [0.4, 0.5) is 11.4 Å². The maximum Gasteiger partial charge on any atom is 0.313 e. The highest BCUT2D eigenvalue weighted by Gasteiger charge is 2.19. The van der Waals surface area contributed by atoms with Gasteiger partial charge < -0.3 is 10.6 Å². The SMILES string of the molecule is O=C(NCc1ccccn1)C(=O)Nc1ccccc1[N+](=O)[O-]. The summed E-state index contributed by atoms with van der Waals surface area (Å²) in [7, 11) is 0. The molecule has 0 spiro atoms. The quantitative estimate of drug-likeness (QED) is 0.501. The van der Waals surface area contributed by atoms with Crippen molar-refractivity contribution in [3.05, 3.63) is 64.5 Å². The average Bonchev–Trinajstić information content (AvgIpc) is 2.53. The number of nitro groups is 1. The van der Waals surface area contributed by atoms with E-state index in [-0.39, 0.29) is 17.9 Å². The molecule has 1 aromatic heterocycles. The molecular formula is C14H12N4O4. The Hall–Kier alpha value is -3.29. The van der Waals surface area contributed by atoms with E-state index in [2.05, 4.69) is 15.6 Å². The van der Waals surface area contributed by atoms with Gasteiger partial charge in [0.05, 0.1) is 17.2 Å². The molecule has 112 valence electrons. The van der Waals surface area contributed by atoms with Crippen LogP contribution in [0, 0.1) is 10.1 Å². The number of carbonyl (C=O) groups is 2. The third-order valence-corrected chi connectivity index (χ3v) is 2.71. The minimum absolute atomic E-state index is 0.0366. The van der Waals surface area contributed by atoms with Crippen molar-refractivity contribution < 1.29 is 14.5 Å². The first-order valence-corrected chi connectivity index (χ1v) is 6.30. The number of rotatable bonds is 4. The van der Waals surface area contributed by atoms with E-state index in [0.29, 0.717) is 5.69 Å². The molecular weight excluding hydrogens is 288 g/mol. The number of hydrogen-bond acceptors (Lipinski definition) is 5. The van der Waals surface area contributed by atoms with Crippen LogP contribution in [0.3, 0.4) is 0 Å². The molecule has 2 rings (SSSR count). The molecule has 0 aliphatic heterocycles. The number of nitro benzene ring substituents is 1. The van der Waals surface area contributed by atoms with Crippen LogP contribution >= 0.6 is 0 Å². The van der Waals surface area contributed by atoms with Crippen molar-refractivity contribution in [3.63, 3.8) is 0 Å². The number of aromatic nitrogens is 1. The fraction of sp³-hybridized carbons (Fsp3) is 0.0714. The summed E-state index contributed by atoms with van der Waals surface area (Å²) < 4.78 is 0. The normalized spacial score (nSPS) is 9.82. The number of benzene rings is 1. The Morgan fingerprint density at radius 3 is 2.50 bits per heavy atom. The van der Waals surface area contributed by atoms with Gasteiger partial charge in [-0.25, -0.2) is 0 Å². The highest BCUT2D eigenvalue weighted by Crippen LogP contribution is 2.22. The van der Waals surface area contributed by atoms with Crippen LogP contribution in [0.2, 0.25) is 0 Å². The van der Waals surface area contributed by atoms with E-state index in [1.807, 2.05) is 0 Å². The van der Waals surface area contributed by atoms with Gasteiger partial charge in [-0.15, -0.1) is 0 Å². The van der Waals surface area contributed by atoms with Crippen LogP contribution in [0.15, 0.2) is 48.7 Å². The van der Waals surface area contributed by atoms with Crippen LogP contribution in [-0.4, -0.2) is 21.7 Å². The molecule has 0 saturated carbocycles. The Kier molecular flexibility index (Phi) is 4.76. The summed E-state index contributed by atoms with van der Waals surface area (Å²) in [5.41, 5.74) is 0.271. The molecule has 0 radical (unpaired) electrons. The van der Waals surface area contributed by atoms with Crippen LogP contribution in [0.25, 0.3) is 0 Å². The Bertz CT molecular complexity index is 703. The molecule has 0 unspecified atom stereocenters. The fourth-order valence-corrected chi connectivity index (χ4v) is 1.67. The first kappa shape index (κ1) is 15.1. The lowest BCUT2D eigenvalue weighted by Crippen LogP contribution is -2.35. The Balaban J connectivity index is 1.97. The highest BCUT2D eigenvalue weighted by atomic mass is 16.6. The zero-order valence-corrected chi connectivity index (χ0v) is 11.4. The van der Waals surface area contributed by atoms with Gasteiger partial charge in [-0.05, 0) is 18.2 Å². The molecule has 0 saturated heterocycles. The van der Waals surface area contributed by atoms with Gasteiger partial charge in [0.1, 0.15) is 5.69 Å². The summed E-state index contributed by atoms with van der Waals surface area (Å²) in [6.07, 6.45) is 1.56. The molecule has 8 nitrogen and oxygen atoms in total. The van der Waals surface area contributed by atoms with Gasteiger partial charge in [0.15, 0.2) is 0 Å². The van der Waals surface area contributed by atoms with E-state index < -0.39 is 16.7 Å². The lowest BCUT2D eigenvalue weighted by Gasteiger charge is -2.06. The Morgan fingerprint density at radius 1 is 1.09 bits per heavy atom. The summed E-state index contributed by atoms with van der Waals surface area (Å²) in [5.74, 6) is -1.88. The third kappa shape index (κ3) is 3.85. The molecule has 22 heavy (non-hydrogen) atoms. The highest BCUT2D eigenvalue weighted by molar-refractivity contribution is 6.39. The van der Waals surface area contributed by atoms with Crippen molar-refractivity contribution >= 4 is 23.2 Å². The van der Waals surface area contributed by atoms with E-state index >= 15 is 0 Å². The number of hydrogen-bond donors (Lipinski definition) is 2. The third-order valence-electron chi connectivity index (χ3n) is 2.71. The standard InChI is InChI=1S/C14H12N4O4/c19-13(16-9-10-5-3-4-8-15-10)14(20)17-11-6-1-2-7-12(11)18(21)22/h1-8H,9H2,(H,16,19)(H,17,20). The molecule has 0 fully saturated rings. The van der Waals surface area contributed by atoms with E-state index in [0.717, 1.165) is 0 Å². The Morgan fingerprint density at radius 2 is 1.82 bits per heavy atom. The molecule has 2 amide bonds. The van der Waals surface area contributed by atoms with Gasteiger partial charge in [0, 0.05) is 12.3 Å². The number of nitrogens with zero attached hydrogens (tertiary/aromatic N) is 2. The second-order valence-corrected chi connectivity index (χ2v) is 4.23. The monoisotopic (exact) mass is 300 g/mol. The zero-order valence-electron chi connectivity index (χ0n) is 11.4. The number of nitrogens with one attached hydrogen (secondary N) is 2. The van der Waals surface area contributed by atoms with Gasteiger partial charge in [-0.3, -0.25) is 24.7 Å². The largest absolute Gasteiger partial charge is 0.342 e. The lowest BCUT2D eigenvalue weighted by molar-refractivity contribution is -0.383. The van der Waals surface area contributed by atoms with Crippen molar-refractivity contribution in [2.45, 2.75) is 6.54 Å². The first-order chi connectivity index (χ1) is 10.6. The second kappa shape index (κ2) is 6.93. The molecule has 0 bridgehead atoms. The summed E-state index contributed by atoms with van der Waals surface area (Å²) in [5, 5.41) is 15.4. The van der Waals surface area contributed by atoms with Crippen molar-refractivity contribution in [2.75, 3.05) is 5.32 Å². The molecule has 2 N–H and O–H groups in total. The van der Waals surface area contributed by atoms with E-state index in [1.54, 1.807) is 24.4 Å². The molecule has 0 aliphatic rings. The van der Waals surface area contributed by atoms with Crippen molar-refractivity contribution in [3.8, 4) is 0 Å². The smallest absolute Gasteiger partial charge is 0.313 e. The molecule has 0 aliphatic carbocycles. The van der Waals surface area contributed by atoms with Crippen LogP contribution < -0.4 is 10.6 Å². The van der Waals surface area contributed by atoms with E-state index in [4.69, 9.17) is 0 Å². The molecule has 8 heteroatoms. The summed E-state index contributed by atoms with van der Waals surface area (Å²) >= 11 is 0. The summed E-state index contributed by atoms with van der Waals surface area (Å²) in [4.78, 5) is 37.6. The van der Waals surface area contributed by atoms with Crippen molar-refractivity contribution in [1.29, 1.82) is 0 Å². The van der Waals surface area contributed by atoms with Crippen molar-refractivity contribution in [1.82, 2.24) is 10.3 Å². The lowest BCUT2D eigenvalue weighted by atomic mass is 10.2. The van der Waals surface area contributed by atoms with Gasteiger partial charge >= 0.3 is 11.8 Å². The van der Waals surface area contributed by atoms with Gasteiger partial charge in [0.25, 0.3) is 5.69 Å². The predicted molar refractivity (Wildman–Crippen MR) is 77.8 cm³/mol. The van der Waals surface area contributed by atoms with E-state index in [9.17, 15) is 19.7 Å². The van der Waals surface area contributed by atoms with Crippen LogP contribution in [0.1, 0.15) is 5.69 Å². The zero-order chi connectivity index (χ0) is 15.9. The first-order valence-electron chi connectivity index (χ1n) is 6.30. The number of amides is 2. The minimum Gasteiger partial charge on any atom is -0.342 e. The number of para-hydroxylation sites is 2. The average molecular weight is 300 g/mol. The van der Waals surface area contributed by atoms with Gasteiger partial charge in [0.2, 0.25) is 0 Å². The molecule has 0 atom stereocenters. The van der Waals surface area contributed by atoms with Crippen molar-refractivity contribution in [2.24, 2.45) is 0 Å². The Labute approximate surface area is 125 Å². The summed E-state index contributed by atoms with van der Waals surface area (Å²) in [6, 6.07) is 10.8. The minimum atomic E-state index is -0.981. The fourth-order valence-electron chi connectivity index (χ4n) is 1.67. The van der Waals surface area contributed by atoms with Gasteiger partial charge in [-0.1, -0.05) is 18.2 Å². The number of carbonyl (C=O) groups excluding carboxylic acids is 2. The maximum absolute atomic E-state index is 11.7. The second-order valence-electron chi connectivity index (χ2n) is 4.23. The van der Waals surface area contributed by atoms with Crippen LogP contribution in [-0.2, 0) is 16.1 Å². The number of pyridine rings is 1. The van der Waals surface area contributed by atoms with E-state index in [1.165, 1.54) is 24.3 Å². The number of anilines is 1. The predicted octanol–water partition coefficient (Wildman–Crippen LogP) is 1.24. The molecule has 1 aromatic carbocycles. The van der Waals surface area contributed by atoms with Crippen LogP contribution in [0.5, 0.6) is 0 Å². The molecule has 2 aromatic rings. The van der Waals surface area contributed by atoms with Gasteiger partial charge in [-0.2, -0.15) is 0 Å². The summed E-state index contributed by atoms with van der Waals surface area (Å²) in [6.45, 7) is 0.0873. The topological polar surface area (TPSA) is 114 Å².